The molecule has 2 fully saturated rings. The van der Waals surface area contributed by atoms with Gasteiger partial charge in [-0.25, -0.2) is 0 Å². The number of hydrogen-bond acceptors (Lipinski definition) is 4. The molecule has 3 aliphatic heterocycles. The number of carbonyl (C=O) groups is 1. The fraction of sp³-hybridized carbons (Fsp3) is 0.632. The molecular weight excluding hydrogens is 304 g/mol. The number of hydrogen-bond donors (Lipinski definition) is 0. The number of para-hydroxylation sites is 2. The number of carbonyl (C=O) groups excluding carboxylic acids is 1. The maximum atomic E-state index is 13.2. The molecule has 0 aromatic heterocycles. The zero-order valence-corrected chi connectivity index (χ0v) is 14.5. The summed E-state index contributed by atoms with van der Waals surface area (Å²) < 4.78 is 12.0. The molecule has 1 aromatic rings. The van der Waals surface area contributed by atoms with Gasteiger partial charge in [-0.2, -0.15) is 0 Å². The van der Waals surface area contributed by atoms with Gasteiger partial charge < -0.3 is 19.3 Å². The van der Waals surface area contributed by atoms with Gasteiger partial charge in [-0.05, 0) is 58.3 Å². The summed E-state index contributed by atoms with van der Waals surface area (Å²) >= 11 is 0. The van der Waals surface area contributed by atoms with Gasteiger partial charge in [0.2, 0.25) is 6.10 Å². The minimum atomic E-state index is -0.549. The van der Waals surface area contributed by atoms with Gasteiger partial charge in [-0.3, -0.25) is 4.79 Å². The molecule has 0 unspecified atom stereocenters. The molecule has 2 saturated heterocycles. The third-order valence-electron chi connectivity index (χ3n) is 5.69. The average Bonchev–Trinajstić information content (AvgIpc) is 3.21. The van der Waals surface area contributed by atoms with Crippen molar-refractivity contribution in [1.82, 2.24) is 9.80 Å². The largest absolute Gasteiger partial charge is 0.482 e. The van der Waals surface area contributed by atoms with E-state index in [0.29, 0.717) is 17.8 Å². The number of amides is 1. The molecule has 5 heteroatoms. The lowest BCUT2D eigenvalue weighted by atomic mass is 10.0. The molecule has 3 aliphatic rings. The Kier molecular flexibility index (Phi) is 4.12. The number of fused-ring (bicyclic) bond motifs is 1. The summed E-state index contributed by atoms with van der Waals surface area (Å²) in [6, 6.07) is 8.39. The molecule has 4 atom stereocenters. The number of rotatable bonds is 2. The highest BCUT2D eigenvalue weighted by atomic mass is 16.6. The summed E-state index contributed by atoms with van der Waals surface area (Å²) in [7, 11) is 2.18. The maximum absolute atomic E-state index is 13.2. The van der Waals surface area contributed by atoms with Gasteiger partial charge in [0.1, 0.15) is 6.10 Å². The number of likely N-dealkylation sites (N-methyl/N-ethyl adjacent to an activating group) is 1. The summed E-state index contributed by atoms with van der Waals surface area (Å²) in [5, 5.41) is 0. The molecule has 1 aromatic carbocycles. The summed E-state index contributed by atoms with van der Waals surface area (Å²) in [6.45, 7) is 3.89. The second kappa shape index (κ2) is 6.28. The van der Waals surface area contributed by atoms with Crippen molar-refractivity contribution in [3.8, 4) is 11.5 Å². The van der Waals surface area contributed by atoms with Crippen LogP contribution in [0.3, 0.4) is 0 Å². The van der Waals surface area contributed by atoms with E-state index in [1.54, 1.807) is 0 Å². The van der Waals surface area contributed by atoms with Gasteiger partial charge in [0, 0.05) is 18.6 Å². The van der Waals surface area contributed by atoms with E-state index in [-0.39, 0.29) is 12.0 Å². The molecule has 0 bridgehead atoms. The van der Waals surface area contributed by atoms with Gasteiger partial charge in [0.15, 0.2) is 11.5 Å². The van der Waals surface area contributed by atoms with E-state index in [9.17, 15) is 4.79 Å². The van der Waals surface area contributed by atoms with Crippen LogP contribution in [0.4, 0.5) is 0 Å². The molecule has 3 heterocycles. The fourth-order valence-electron chi connectivity index (χ4n) is 4.44. The van der Waals surface area contributed by atoms with Crippen molar-refractivity contribution in [2.24, 2.45) is 0 Å². The highest BCUT2D eigenvalue weighted by Crippen LogP contribution is 2.35. The molecule has 0 spiro atoms. The predicted octanol–water partition coefficient (Wildman–Crippen LogP) is 2.30. The average molecular weight is 330 g/mol. The van der Waals surface area contributed by atoms with E-state index < -0.39 is 6.10 Å². The van der Waals surface area contributed by atoms with Crippen LogP contribution < -0.4 is 9.47 Å². The Morgan fingerprint density at radius 2 is 1.71 bits per heavy atom. The minimum absolute atomic E-state index is 0.0832. The fourth-order valence-corrected chi connectivity index (χ4v) is 4.44. The molecule has 5 nitrogen and oxygen atoms in total. The lowest BCUT2D eigenvalue weighted by Crippen LogP contribution is -2.55. The Morgan fingerprint density at radius 1 is 1.04 bits per heavy atom. The highest BCUT2D eigenvalue weighted by molar-refractivity contribution is 5.83. The molecule has 1 amide bonds. The quantitative estimate of drug-likeness (QED) is 0.834. The number of ether oxygens (including phenoxy) is 2. The summed E-state index contributed by atoms with van der Waals surface area (Å²) in [5.74, 6) is 1.48. The van der Waals surface area contributed by atoms with Gasteiger partial charge in [-0.15, -0.1) is 0 Å². The first-order valence-corrected chi connectivity index (χ1v) is 9.08. The number of benzene rings is 1. The van der Waals surface area contributed by atoms with Crippen molar-refractivity contribution in [3.05, 3.63) is 24.3 Å². The molecule has 24 heavy (non-hydrogen) atoms. The van der Waals surface area contributed by atoms with Crippen molar-refractivity contribution in [2.75, 3.05) is 20.1 Å². The van der Waals surface area contributed by atoms with E-state index in [0.717, 1.165) is 31.7 Å². The van der Waals surface area contributed by atoms with Crippen LogP contribution in [0.2, 0.25) is 0 Å². The van der Waals surface area contributed by atoms with Crippen LogP contribution in [0.1, 0.15) is 32.6 Å². The van der Waals surface area contributed by atoms with Crippen LogP contribution in [0.25, 0.3) is 0 Å². The second-order valence-electron chi connectivity index (χ2n) is 7.24. The smallest absolute Gasteiger partial charge is 0.267 e. The van der Waals surface area contributed by atoms with Crippen LogP contribution in [0, 0.1) is 0 Å². The van der Waals surface area contributed by atoms with Gasteiger partial charge >= 0.3 is 0 Å². The standard InChI is InChI=1S/C19H26N2O3/c1-13-18(24-17-10-4-3-9-16(17)23-13)19(22)21-12-6-8-15(21)14-7-5-11-20(14)2/h3-4,9-10,13-15,18H,5-8,11-12H2,1-2H3/t13-,14-,15-,18-/m0/s1. The normalized spacial score (nSPS) is 33.0. The highest BCUT2D eigenvalue weighted by Gasteiger charge is 2.44. The molecule has 0 N–H and O–H groups in total. The second-order valence-corrected chi connectivity index (χ2v) is 7.24. The SMILES string of the molecule is C[C@@H]1Oc2ccccc2O[C@@H]1C(=O)N1CCC[C@H]1[C@@H]1CCCN1C. The monoisotopic (exact) mass is 330 g/mol. The Hall–Kier alpha value is -1.75. The van der Waals surface area contributed by atoms with E-state index >= 15 is 0 Å². The summed E-state index contributed by atoms with van der Waals surface area (Å²) in [6.07, 6.45) is 3.78. The Balaban J connectivity index is 1.52. The van der Waals surface area contributed by atoms with Gasteiger partial charge in [0.05, 0.1) is 0 Å². The minimum Gasteiger partial charge on any atom is -0.482 e. The van der Waals surface area contributed by atoms with Crippen molar-refractivity contribution in [1.29, 1.82) is 0 Å². The molecule has 0 radical (unpaired) electrons. The summed E-state index contributed by atoms with van der Waals surface area (Å²) in [5.41, 5.74) is 0. The third kappa shape index (κ3) is 2.65. The first-order chi connectivity index (χ1) is 11.6. The van der Waals surface area contributed by atoms with E-state index in [2.05, 4.69) is 16.8 Å². The Bertz CT molecular complexity index is 620. The van der Waals surface area contributed by atoms with E-state index in [4.69, 9.17) is 9.47 Å². The van der Waals surface area contributed by atoms with Crippen LogP contribution >= 0.6 is 0 Å². The molecule has 130 valence electrons. The van der Waals surface area contributed by atoms with Crippen LogP contribution in [0.5, 0.6) is 11.5 Å². The zero-order valence-electron chi connectivity index (χ0n) is 14.5. The van der Waals surface area contributed by atoms with E-state index in [1.807, 2.05) is 31.2 Å². The first-order valence-electron chi connectivity index (χ1n) is 9.08. The van der Waals surface area contributed by atoms with Crippen LogP contribution in [-0.2, 0) is 4.79 Å². The van der Waals surface area contributed by atoms with E-state index in [1.165, 1.54) is 12.8 Å². The zero-order chi connectivity index (χ0) is 16.7. The predicted molar refractivity (Wildman–Crippen MR) is 91.3 cm³/mol. The number of nitrogens with zero attached hydrogens (tertiary/aromatic N) is 2. The van der Waals surface area contributed by atoms with Gasteiger partial charge in [0.25, 0.3) is 5.91 Å². The molecule has 4 rings (SSSR count). The Morgan fingerprint density at radius 3 is 2.42 bits per heavy atom. The Labute approximate surface area is 143 Å². The van der Waals surface area contributed by atoms with Crippen LogP contribution in [0.15, 0.2) is 24.3 Å². The van der Waals surface area contributed by atoms with Crippen molar-refractivity contribution in [3.63, 3.8) is 0 Å². The molecule has 0 saturated carbocycles. The van der Waals surface area contributed by atoms with Crippen molar-refractivity contribution >= 4 is 5.91 Å². The third-order valence-corrected chi connectivity index (χ3v) is 5.69. The lowest BCUT2D eigenvalue weighted by molar-refractivity contribution is -0.146. The molecular formula is C19H26N2O3. The topological polar surface area (TPSA) is 42.0 Å². The lowest BCUT2D eigenvalue weighted by Gasteiger charge is -2.38. The first kappa shape index (κ1) is 15.8. The maximum Gasteiger partial charge on any atom is 0.267 e. The number of likely N-dealkylation sites (tertiary alicyclic amines) is 2. The summed E-state index contributed by atoms with van der Waals surface area (Å²) in [4.78, 5) is 17.7. The van der Waals surface area contributed by atoms with Crippen molar-refractivity contribution < 1.29 is 14.3 Å². The molecule has 0 aliphatic carbocycles. The van der Waals surface area contributed by atoms with Crippen LogP contribution in [-0.4, -0.2) is 60.1 Å². The van der Waals surface area contributed by atoms with Gasteiger partial charge in [-0.1, -0.05) is 12.1 Å². The van der Waals surface area contributed by atoms with Crippen molar-refractivity contribution in [2.45, 2.75) is 56.9 Å².